The van der Waals surface area contributed by atoms with Gasteiger partial charge >= 0.3 is 0 Å². The molecule has 0 spiro atoms. The Morgan fingerprint density at radius 3 is 2.46 bits per heavy atom. The molecule has 0 bridgehead atoms. The molecular formula is C22H25ClN2O+2. The Kier molecular flexibility index (Phi) is 4.84. The topological polar surface area (TPSA) is 20.6 Å². The average molecular weight is 369 g/mol. The second-order valence-corrected chi connectivity index (χ2v) is 7.73. The molecule has 3 aromatic rings. The van der Waals surface area contributed by atoms with Crippen LogP contribution in [0.25, 0.3) is 22.3 Å². The first-order valence-electron chi connectivity index (χ1n) is 9.28. The number of piperidine rings is 1. The van der Waals surface area contributed by atoms with Crippen LogP contribution in [0.5, 0.6) is 0 Å². The smallest absolute Gasteiger partial charge is 0.214 e. The van der Waals surface area contributed by atoms with Gasteiger partial charge in [-0.05, 0) is 36.4 Å². The maximum absolute atomic E-state index is 6.21. The van der Waals surface area contributed by atoms with Gasteiger partial charge in [-0.25, -0.2) is 4.58 Å². The molecule has 2 aromatic carbocycles. The number of para-hydroxylation sites is 1. The Hall–Kier alpha value is -2.10. The minimum Gasteiger partial charge on any atom is -0.456 e. The van der Waals surface area contributed by atoms with Gasteiger partial charge in [0.05, 0.1) is 44.4 Å². The van der Waals surface area contributed by atoms with Gasteiger partial charge in [-0.15, -0.1) is 0 Å². The van der Waals surface area contributed by atoms with E-state index in [1.54, 1.807) is 4.90 Å². The van der Waals surface area contributed by atoms with E-state index < -0.39 is 0 Å². The lowest BCUT2D eigenvalue weighted by atomic mass is 10.0. The highest BCUT2D eigenvalue weighted by atomic mass is 35.5. The second-order valence-electron chi connectivity index (χ2n) is 7.30. The third-order valence-electron chi connectivity index (χ3n) is 5.52. The number of hydrogen-bond acceptors (Lipinski definition) is 1. The van der Waals surface area contributed by atoms with Gasteiger partial charge in [0, 0.05) is 10.6 Å². The highest BCUT2D eigenvalue weighted by Gasteiger charge is 2.26. The predicted octanol–water partition coefficient (Wildman–Crippen LogP) is 2.83. The third kappa shape index (κ3) is 3.42. The molecule has 0 radical (unpaired) electrons. The summed E-state index contributed by atoms with van der Waals surface area (Å²) in [5.41, 5.74) is 1.96. The normalized spacial score (nSPS) is 21.7. The molecule has 0 saturated carbocycles. The molecule has 1 saturated heterocycles. The van der Waals surface area contributed by atoms with Crippen LogP contribution in [0.1, 0.15) is 12.8 Å². The van der Waals surface area contributed by atoms with Crippen molar-refractivity contribution in [3.63, 3.8) is 0 Å². The number of nitrogens with zero attached hydrogens (tertiary/aromatic N) is 1. The van der Waals surface area contributed by atoms with Crippen molar-refractivity contribution < 1.29 is 9.32 Å². The van der Waals surface area contributed by atoms with Gasteiger partial charge in [0.15, 0.2) is 6.04 Å². The van der Waals surface area contributed by atoms with Gasteiger partial charge in [0.1, 0.15) is 18.4 Å². The number of halogens is 1. The molecule has 1 N–H and O–H groups in total. The summed E-state index contributed by atoms with van der Waals surface area (Å²) in [7, 11) is 4.50. The summed E-state index contributed by atoms with van der Waals surface area (Å²) in [5, 5.41) is 3.14. The summed E-state index contributed by atoms with van der Waals surface area (Å²) >= 11 is 6.05. The molecule has 1 aromatic heterocycles. The lowest BCUT2D eigenvalue weighted by Gasteiger charge is -2.23. The Morgan fingerprint density at radius 2 is 1.73 bits per heavy atom. The molecule has 4 heteroatoms. The van der Waals surface area contributed by atoms with Crippen LogP contribution >= 0.6 is 11.6 Å². The maximum atomic E-state index is 6.21. The quantitative estimate of drug-likeness (QED) is 0.690. The molecule has 3 nitrogen and oxygen atoms in total. The molecule has 26 heavy (non-hydrogen) atoms. The molecule has 0 amide bonds. The highest BCUT2D eigenvalue weighted by molar-refractivity contribution is 6.30. The first-order chi connectivity index (χ1) is 12.6. The summed E-state index contributed by atoms with van der Waals surface area (Å²) in [6.07, 6.45) is 2.44. The van der Waals surface area contributed by atoms with Gasteiger partial charge in [-0.1, -0.05) is 23.7 Å². The number of hydrogen-bond donors (Lipinski definition) is 1. The van der Waals surface area contributed by atoms with Crippen LogP contribution in [0.15, 0.2) is 59.0 Å². The van der Waals surface area contributed by atoms with E-state index in [1.807, 2.05) is 36.4 Å². The summed E-state index contributed by atoms with van der Waals surface area (Å²) < 4.78 is 8.66. The standard InChI is InChI=1S/C22H24ClN2O/c1-24-13-11-18(12-14-24)25(2)20-15-22(16-7-9-17(23)10-8-16)26-21-6-4-3-5-19(20)21/h3-10,15,18H,11-14H2,1-2H3/q+1/p+1. The van der Waals surface area contributed by atoms with E-state index in [9.17, 15) is 0 Å². The van der Waals surface area contributed by atoms with E-state index in [1.165, 1.54) is 36.7 Å². The number of quaternary nitrogens is 1. The molecular weight excluding hydrogens is 344 g/mol. The van der Waals surface area contributed by atoms with E-state index in [4.69, 9.17) is 16.0 Å². The Labute approximate surface area is 159 Å². The molecule has 1 aliphatic rings. The van der Waals surface area contributed by atoms with E-state index in [0.29, 0.717) is 6.04 Å². The lowest BCUT2D eigenvalue weighted by molar-refractivity contribution is -0.885. The van der Waals surface area contributed by atoms with Crippen LogP contribution in [0, 0.1) is 0 Å². The van der Waals surface area contributed by atoms with Gasteiger partial charge in [0.25, 0.3) is 0 Å². The minimum atomic E-state index is 0.572. The minimum absolute atomic E-state index is 0.572. The Bertz CT molecular complexity index is 983. The molecule has 4 rings (SSSR count). The van der Waals surface area contributed by atoms with Crippen LogP contribution in [-0.4, -0.2) is 33.2 Å². The number of nitrogens with one attached hydrogen (secondary N) is 1. The first-order valence-corrected chi connectivity index (χ1v) is 9.65. The van der Waals surface area contributed by atoms with E-state index in [-0.39, 0.29) is 0 Å². The van der Waals surface area contributed by atoms with Crippen LogP contribution in [0.2, 0.25) is 5.02 Å². The fraction of sp³-hybridized carbons (Fsp3) is 0.318. The third-order valence-corrected chi connectivity index (χ3v) is 5.77. The fourth-order valence-electron chi connectivity index (χ4n) is 3.84. The van der Waals surface area contributed by atoms with Gasteiger partial charge in [-0.2, -0.15) is 0 Å². The van der Waals surface area contributed by atoms with Crippen molar-refractivity contribution in [3.8, 4) is 11.3 Å². The zero-order chi connectivity index (χ0) is 18.1. The molecule has 0 unspecified atom stereocenters. The molecule has 1 fully saturated rings. The highest BCUT2D eigenvalue weighted by Crippen LogP contribution is 2.23. The number of rotatable bonds is 2. The Balaban J connectivity index is 1.90. The van der Waals surface area contributed by atoms with Crippen LogP contribution in [0.3, 0.4) is 0 Å². The number of fused-ring (bicyclic) bond motifs is 1. The van der Waals surface area contributed by atoms with Crippen molar-refractivity contribution in [2.24, 2.45) is 0 Å². The van der Waals surface area contributed by atoms with Gasteiger partial charge in [0.2, 0.25) is 5.36 Å². The summed E-state index contributed by atoms with van der Waals surface area (Å²) in [4.78, 5) is 1.63. The van der Waals surface area contributed by atoms with Crippen molar-refractivity contribution in [1.82, 2.24) is 4.58 Å². The number of benzene rings is 2. The SMILES string of the molecule is C[N+](=c1cc(-c2ccc(Cl)cc2)oc2ccccc12)C1CC[NH+](C)CC1. The monoisotopic (exact) mass is 368 g/mol. The van der Waals surface area contributed by atoms with Gasteiger partial charge in [-0.3, -0.25) is 0 Å². The van der Waals surface area contributed by atoms with Gasteiger partial charge < -0.3 is 9.32 Å². The van der Waals surface area contributed by atoms with Crippen LogP contribution < -0.4 is 14.8 Å². The fourth-order valence-corrected chi connectivity index (χ4v) is 3.97. The van der Waals surface area contributed by atoms with E-state index >= 15 is 0 Å². The van der Waals surface area contributed by atoms with Crippen LogP contribution in [0.4, 0.5) is 0 Å². The molecule has 134 valence electrons. The Morgan fingerprint density at radius 1 is 1.04 bits per heavy atom. The van der Waals surface area contributed by atoms with Crippen LogP contribution in [-0.2, 0) is 0 Å². The van der Waals surface area contributed by atoms with E-state index in [2.05, 4.69) is 36.9 Å². The van der Waals surface area contributed by atoms with E-state index in [0.717, 1.165) is 21.9 Å². The summed E-state index contributed by atoms with van der Waals surface area (Å²) in [6, 6.07) is 18.9. The van der Waals surface area contributed by atoms with Crippen molar-refractivity contribution in [2.45, 2.75) is 18.9 Å². The van der Waals surface area contributed by atoms with Crippen molar-refractivity contribution >= 4 is 22.6 Å². The first kappa shape index (κ1) is 17.3. The predicted molar refractivity (Wildman–Crippen MR) is 107 cm³/mol. The zero-order valence-electron chi connectivity index (χ0n) is 15.3. The zero-order valence-corrected chi connectivity index (χ0v) is 16.1. The molecule has 0 atom stereocenters. The number of likely N-dealkylation sites (tertiary alicyclic amines) is 1. The molecule has 1 aliphatic heterocycles. The largest absolute Gasteiger partial charge is 0.456 e. The lowest BCUT2D eigenvalue weighted by Crippen LogP contribution is -3.10. The summed E-state index contributed by atoms with van der Waals surface area (Å²) in [5.74, 6) is 0.876. The maximum Gasteiger partial charge on any atom is 0.214 e. The van der Waals surface area contributed by atoms with Crippen molar-refractivity contribution in [2.75, 3.05) is 27.2 Å². The van der Waals surface area contributed by atoms with Crippen molar-refractivity contribution in [3.05, 3.63) is 65.0 Å². The average Bonchev–Trinajstić information content (AvgIpc) is 2.68. The second kappa shape index (κ2) is 7.26. The molecule has 0 aliphatic carbocycles. The van der Waals surface area contributed by atoms with Crippen molar-refractivity contribution in [1.29, 1.82) is 0 Å². The molecule has 2 heterocycles. The summed E-state index contributed by atoms with van der Waals surface area (Å²) in [6.45, 7) is 2.46.